The van der Waals surface area contributed by atoms with Gasteiger partial charge in [-0.25, -0.2) is 8.42 Å². The molecule has 10 nitrogen and oxygen atoms in total. The Labute approximate surface area is 209 Å². The number of methoxy groups -OCH3 is 3. The number of nitrogens with zero attached hydrogens (tertiary/aromatic N) is 3. The first-order chi connectivity index (χ1) is 17.3. The molecular weight excluding hydrogens is 486 g/mol. The lowest BCUT2D eigenvalue weighted by Gasteiger charge is -2.20. The molecule has 0 aliphatic heterocycles. The zero-order valence-electron chi connectivity index (χ0n) is 20.4. The first kappa shape index (κ1) is 25.3. The highest BCUT2D eigenvalue weighted by Gasteiger charge is 2.26. The number of aromatic nitrogens is 2. The van der Waals surface area contributed by atoms with Gasteiger partial charge in [-0.2, -0.15) is 9.29 Å². The number of hydrogen-bond donors (Lipinski definition) is 0. The molecule has 0 bridgehead atoms. The van der Waals surface area contributed by atoms with E-state index in [2.05, 4.69) is 10.1 Å². The molecule has 0 atom stereocenters. The number of benzene rings is 2. The number of ether oxygens (including phenoxy) is 3. The Hall–Kier alpha value is -3.83. The second kappa shape index (κ2) is 10.8. The van der Waals surface area contributed by atoms with E-state index in [1.165, 1.54) is 31.9 Å². The molecule has 4 rings (SSSR count). The molecule has 190 valence electrons. The van der Waals surface area contributed by atoms with E-state index in [0.717, 1.165) is 5.56 Å². The molecule has 0 radical (unpaired) electrons. The number of rotatable bonds is 11. The van der Waals surface area contributed by atoms with Gasteiger partial charge in [-0.05, 0) is 43.3 Å². The van der Waals surface area contributed by atoms with Gasteiger partial charge in [-0.3, -0.25) is 0 Å². The molecule has 11 heteroatoms. The lowest BCUT2D eigenvalue weighted by atomic mass is 10.1. The first-order valence-electron chi connectivity index (χ1n) is 11.1. The van der Waals surface area contributed by atoms with E-state index in [1.54, 1.807) is 48.5 Å². The molecular formula is C25H27N3O7S. The van der Waals surface area contributed by atoms with Crippen LogP contribution in [0, 0.1) is 6.92 Å². The number of furan rings is 1. The number of sulfonamides is 1. The first-order valence-corrected chi connectivity index (χ1v) is 12.5. The van der Waals surface area contributed by atoms with Crippen LogP contribution in [0.15, 0.2) is 68.6 Å². The SMILES string of the molecule is COc1cc(-c2noc(CCN(Cc3ccco3)S(=O)(=O)c3ccc(C)cc3)n2)cc(OC)c1OC. The van der Waals surface area contributed by atoms with Crippen molar-refractivity contribution in [2.75, 3.05) is 27.9 Å². The van der Waals surface area contributed by atoms with Crippen molar-refractivity contribution in [1.29, 1.82) is 0 Å². The summed E-state index contributed by atoms with van der Waals surface area (Å²) in [5.41, 5.74) is 1.57. The van der Waals surface area contributed by atoms with E-state index in [0.29, 0.717) is 34.4 Å². The van der Waals surface area contributed by atoms with Crippen LogP contribution in [0.1, 0.15) is 17.2 Å². The normalized spacial score (nSPS) is 11.6. The minimum atomic E-state index is -3.80. The van der Waals surface area contributed by atoms with Crippen molar-refractivity contribution in [3.8, 4) is 28.6 Å². The van der Waals surface area contributed by atoms with E-state index in [-0.39, 0.29) is 30.3 Å². The largest absolute Gasteiger partial charge is 0.493 e. The molecule has 36 heavy (non-hydrogen) atoms. The predicted octanol–water partition coefficient (Wildman–Crippen LogP) is 4.10. The maximum atomic E-state index is 13.4. The van der Waals surface area contributed by atoms with Crippen LogP contribution in [0.2, 0.25) is 0 Å². The summed E-state index contributed by atoms with van der Waals surface area (Å²) < 4.78 is 55.1. The second-order valence-electron chi connectivity index (χ2n) is 7.91. The van der Waals surface area contributed by atoms with Crippen molar-refractivity contribution in [2.45, 2.75) is 24.8 Å². The molecule has 0 aliphatic carbocycles. The monoisotopic (exact) mass is 513 g/mol. The van der Waals surface area contributed by atoms with Gasteiger partial charge in [-0.1, -0.05) is 22.9 Å². The van der Waals surface area contributed by atoms with Crippen LogP contribution < -0.4 is 14.2 Å². The quantitative estimate of drug-likeness (QED) is 0.292. The minimum Gasteiger partial charge on any atom is -0.493 e. The maximum Gasteiger partial charge on any atom is 0.243 e. The predicted molar refractivity (Wildman–Crippen MR) is 131 cm³/mol. The standard InChI is InChI=1S/C25H27N3O7S/c1-17-7-9-20(10-8-17)36(29,30)28(16-19-6-5-13-34-19)12-11-23-26-25(27-35-23)18-14-21(31-2)24(33-4)22(15-18)32-3/h5-10,13-15H,11-12,16H2,1-4H3. The fourth-order valence-corrected chi connectivity index (χ4v) is 5.03. The van der Waals surface area contributed by atoms with Crippen LogP contribution in [0.4, 0.5) is 0 Å². The molecule has 0 saturated heterocycles. The second-order valence-corrected chi connectivity index (χ2v) is 9.84. The number of hydrogen-bond acceptors (Lipinski definition) is 9. The fourth-order valence-electron chi connectivity index (χ4n) is 3.62. The van der Waals surface area contributed by atoms with Crippen molar-refractivity contribution < 1.29 is 31.6 Å². The molecule has 0 amide bonds. The Morgan fingerprint density at radius 3 is 2.25 bits per heavy atom. The summed E-state index contributed by atoms with van der Waals surface area (Å²) in [5, 5.41) is 4.05. The van der Waals surface area contributed by atoms with Gasteiger partial charge in [0.2, 0.25) is 27.5 Å². The summed E-state index contributed by atoms with van der Waals surface area (Å²) in [6.45, 7) is 2.07. The van der Waals surface area contributed by atoms with Gasteiger partial charge < -0.3 is 23.2 Å². The van der Waals surface area contributed by atoms with E-state index < -0.39 is 10.0 Å². The third kappa shape index (κ3) is 5.37. The van der Waals surface area contributed by atoms with E-state index in [9.17, 15) is 8.42 Å². The van der Waals surface area contributed by atoms with Crippen LogP contribution in [0.25, 0.3) is 11.4 Å². The van der Waals surface area contributed by atoms with E-state index >= 15 is 0 Å². The van der Waals surface area contributed by atoms with Gasteiger partial charge in [0.05, 0.1) is 39.0 Å². The van der Waals surface area contributed by atoms with Crippen LogP contribution in [-0.4, -0.2) is 50.7 Å². The van der Waals surface area contributed by atoms with Gasteiger partial charge in [-0.15, -0.1) is 0 Å². The Morgan fingerprint density at radius 1 is 0.972 bits per heavy atom. The highest BCUT2D eigenvalue weighted by molar-refractivity contribution is 7.89. The van der Waals surface area contributed by atoms with Crippen molar-refractivity contribution in [1.82, 2.24) is 14.4 Å². The molecule has 0 saturated carbocycles. The summed E-state index contributed by atoms with van der Waals surface area (Å²) in [5.74, 6) is 2.46. The Bertz CT molecular complexity index is 1370. The van der Waals surface area contributed by atoms with E-state index in [4.69, 9.17) is 23.2 Å². The summed E-state index contributed by atoms with van der Waals surface area (Å²) >= 11 is 0. The van der Waals surface area contributed by atoms with Crippen LogP contribution in [-0.2, 0) is 23.0 Å². The van der Waals surface area contributed by atoms with Gasteiger partial charge in [0.25, 0.3) is 0 Å². The third-order valence-electron chi connectivity index (χ3n) is 5.54. The van der Waals surface area contributed by atoms with Gasteiger partial charge in [0.1, 0.15) is 5.76 Å². The molecule has 0 N–H and O–H groups in total. The fraction of sp³-hybridized carbons (Fsp3) is 0.280. The van der Waals surface area contributed by atoms with Gasteiger partial charge in [0.15, 0.2) is 11.5 Å². The highest BCUT2D eigenvalue weighted by Crippen LogP contribution is 2.40. The minimum absolute atomic E-state index is 0.0665. The lowest BCUT2D eigenvalue weighted by molar-refractivity contribution is 0.324. The third-order valence-corrected chi connectivity index (χ3v) is 7.40. The van der Waals surface area contributed by atoms with Gasteiger partial charge >= 0.3 is 0 Å². The van der Waals surface area contributed by atoms with Crippen LogP contribution in [0.5, 0.6) is 17.2 Å². The molecule has 4 aromatic rings. The zero-order valence-corrected chi connectivity index (χ0v) is 21.2. The molecule has 2 heterocycles. The molecule has 0 unspecified atom stereocenters. The average Bonchev–Trinajstić information content (AvgIpc) is 3.58. The van der Waals surface area contributed by atoms with Crippen LogP contribution in [0.3, 0.4) is 0 Å². The Kier molecular flexibility index (Phi) is 7.61. The Morgan fingerprint density at radius 2 is 1.67 bits per heavy atom. The van der Waals surface area contributed by atoms with Crippen molar-refractivity contribution >= 4 is 10.0 Å². The van der Waals surface area contributed by atoms with Gasteiger partial charge in [0, 0.05) is 18.5 Å². The molecule has 2 aromatic heterocycles. The van der Waals surface area contributed by atoms with Crippen molar-refractivity contribution in [3.05, 3.63) is 72.0 Å². The molecule has 0 aliphatic rings. The average molecular weight is 514 g/mol. The Balaban J connectivity index is 1.57. The zero-order chi connectivity index (χ0) is 25.7. The summed E-state index contributed by atoms with van der Waals surface area (Å²) in [6.07, 6.45) is 1.71. The topological polar surface area (TPSA) is 117 Å². The van der Waals surface area contributed by atoms with E-state index in [1.807, 2.05) is 6.92 Å². The summed E-state index contributed by atoms with van der Waals surface area (Å²) in [7, 11) is 0.758. The number of aryl methyl sites for hydroxylation is 1. The summed E-state index contributed by atoms with van der Waals surface area (Å²) in [6, 6.07) is 13.6. The maximum absolute atomic E-state index is 13.4. The summed E-state index contributed by atoms with van der Waals surface area (Å²) in [4.78, 5) is 4.65. The molecule has 2 aromatic carbocycles. The van der Waals surface area contributed by atoms with Crippen molar-refractivity contribution in [3.63, 3.8) is 0 Å². The lowest BCUT2D eigenvalue weighted by Crippen LogP contribution is -2.32. The highest BCUT2D eigenvalue weighted by atomic mass is 32.2. The van der Waals surface area contributed by atoms with Crippen molar-refractivity contribution in [2.24, 2.45) is 0 Å². The molecule has 0 spiro atoms. The smallest absolute Gasteiger partial charge is 0.243 e. The van der Waals surface area contributed by atoms with Crippen LogP contribution >= 0.6 is 0 Å². The molecule has 0 fully saturated rings.